The fourth-order valence-electron chi connectivity index (χ4n) is 1.12. The molecule has 0 atom stereocenters. The lowest BCUT2D eigenvalue weighted by atomic mass is 10.0. The van der Waals surface area contributed by atoms with E-state index in [4.69, 9.17) is 10.2 Å². The molecule has 0 fully saturated rings. The molecule has 0 aliphatic rings. The van der Waals surface area contributed by atoms with Gasteiger partial charge in [-0.2, -0.15) is 0 Å². The topological polar surface area (TPSA) is 57.5 Å². The van der Waals surface area contributed by atoms with Crippen LogP contribution in [0.25, 0.3) is 0 Å². The highest BCUT2D eigenvalue weighted by atomic mass is 16.4. The van der Waals surface area contributed by atoms with Gasteiger partial charge in [-0.25, -0.2) is 4.79 Å². The van der Waals surface area contributed by atoms with Crippen LogP contribution in [-0.4, -0.2) is 16.2 Å². The van der Waals surface area contributed by atoms with Crippen molar-refractivity contribution < 1.29 is 15.0 Å². The largest absolute Gasteiger partial charge is 0.502 e. The van der Waals surface area contributed by atoms with E-state index in [1.807, 2.05) is 13.8 Å². The second-order valence-corrected chi connectivity index (χ2v) is 2.76. The number of rotatable bonds is 5. The molecule has 0 saturated carbocycles. The van der Waals surface area contributed by atoms with Crippen LogP contribution >= 0.6 is 0 Å². The average Bonchev–Trinajstić information content (AvgIpc) is 2.03. The van der Waals surface area contributed by atoms with E-state index in [1.54, 1.807) is 0 Å². The summed E-state index contributed by atoms with van der Waals surface area (Å²) < 4.78 is 0. The fourth-order valence-corrected chi connectivity index (χ4v) is 1.12. The quantitative estimate of drug-likeness (QED) is 0.494. The van der Waals surface area contributed by atoms with Crippen LogP contribution in [0.4, 0.5) is 0 Å². The molecule has 2 N–H and O–H groups in total. The number of carbonyl (C=O) groups is 1. The molecule has 0 amide bonds. The van der Waals surface area contributed by atoms with Gasteiger partial charge < -0.3 is 10.2 Å². The van der Waals surface area contributed by atoms with Crippen molar-refractivity contribution in [2.45, 2.75) is 39.5 Å². The number of aliphatic hydroxyl groups is 1. The molecular formula is C9H16O3. The molecule has 0 aromatic carbocycles. The number of hydrogen-bond acceptors (Lipinski definition) is 2. The van der Waals surface area contributed by atoms with Crippen molar-refractivity contribution in [3.05, 3.63) is 11.3 Å². The minimum atomic E-state index is -1.22. The molecule has 0 aliphatic heterocycles. The van der Waals surface area contributed by atoms with Gasteiger partial charge in [-0.1, -0.05) is 26.7 Å². The molecule has 0 radical (unpaired) electrons. The minimum Gasteiger partial charge on any atom is -0.502 e. The zero-order chi connectivity index (χ0) is 9.56. The van der Waals surface area contributed by atoms with Crippen molar-refractivity contribution in [3.63, 3.8) is 0 Å². The molecule has 0 unspecified atom stereocenters. The lowest BCUT2D eigenvalue weighted by Gasteiger charge is -2.04. The molecule has 0 heterocycles. The van der Waals surface area contributed by atoms with Crippen molar-refractivity contribution in [3.8, 4) is 0 Å². The molecule has 0 spiro atoms. The maximum absolute atomic E-state index is 10.4. The Morgan fingerprint density at radius 1 is 1.08 bits per heavy atom. The molecule has 0 aromatic heterocycles. The van der Waals surface area contributed by atoms with Crippen LogP contribution in [0.5, 0.6) is 0 Å². The molecular weight excluding hydrogens is 156 g/mol. The molecule has 12 heavy (non-hydrogen) atoms. The van der Waals surface area contributed by atoms with E-state index < -0.39 is 11.7 Å². The van der Waals surface area contributed by atoms with E-state index >= 15 is 0 Å². The monoisotopic (exact) mass is 172 g/mol. The summed E-state index contributed by atoms with van der Waals surface area (Å²) in [7, 11) is 0. The summed E-state index contributed by atoms with van der Waals surface area (Å²) in [6.45, 7) is 3.93. The van der Waals surface area contributed by atoms with Crippen molar-refractivity contribution in [2.24, 2.45) is 0 Å². The van der Waals surface area contributed by atoms with Gasteiger partial charge in [0, 0.05) is 0 Å². The van der Waals surface area contributed by atoms with Crippen LogP contribution in [0.15, 0.2) is 11.3 Å². The van der Waals surface area contributed by atoms with Crippen LogP contribution in [0, 0.1) is 0 Å². The maximum atomic E-state index is 10.4. The Balaban J connectivity index is 4.43. The summed E-state index contributed by atoms with van der Waals surface area (Å²) in [5.41, 5.74) is 0.660. The highest BCUT2D eigenvalue weighted by Crippen LogP contribution is 2.15. The SMILES string of the molecule is CCCC(CCC)=C(O)C(=O)O. The molecule has 0 aliphatic carbocycles. The van der Waals surface area contributed by atoms with E-state index in [-0.39, 0.29) is 0 Å². The first-order valence-electron chi connectivity index (χ1n) is 4.27. The van der Waals surface area contributed by atoms with Gasteiger partial charge in [0.15, 0.2) is 0 Å². The Kier molecular flexibility index (Phi) is 5.17. The Morgan fingerprint density at radius 2 is 1.50 bits per heavy atom. The number of allylic oxidation sites excluding steroid dienone is 1. The van der Waals surface area contributed by atoms with Gasteiger partial charge in [0.05, 0.1) is 0 Å². The highest BCUT2D eigenvalue weighted by molar-refractivity contribution is 5.84. The van der Waals surface area contributed by atoms with Gasteiger partial charge in [0.25, 0.3) is 0 Å². The maximum Gasteiger partial charge on any atom is 0.370 e. The summed E-state index contributed by atoms with van der Waals surface area (Å²) in [6.07, 6.45) is 3.08. The molecule has 0 bridgehead atoms. The smallest absolute Gasteiger partial charge is 0.370 e. The third-order valence-corrected chi connectivity index (χ3v) is 1.64. The van der Waals surface area contributed by atoms with E-state index in [1.165, 1.54) is 0 Å². The van der Waals surface area contributed by atoms with Crippen molar-refractivity contribution in [1.82, 2.24) is 0 Å². The van der Waals surface area contributed by atoms with Crippen LogP contribution < -0.4 is 0 Å². The Hall–Kier alpha value is -0.990. The summed E-state index contributed by atoms with van der Waals surface area (Å²) >= 11 is 0. The standard InChI is InChI=1S/C9H16O3/c1-3-5-7(6-4-2)8(10)9(11)12/h10H,3-6H2,1-2H3,(H,11,12). The number of carboxylic acid groups (broad SMARTS) is 1. The second-order valence-electron chi connectivity index (χ2n) is 2.76. The van der Waals surface area contributed by atoms with Crippen molar-refractivity contribution >= 4 is 5.97 Å². The first kappa shape index (κ1) is 11.0. The van der Waals surface area contributed by atoms with Crippen LogP contribution in [0.3, 0.4) is 0 Å². The molecule has 0 rings (SSSR count). The van der Waals surface area contributed by atoms with E-state index in [2.05, 4.69) is 0 Å². The molecule has 0 aromatic rings. The zero-order valence-corrected chi connectivity index (χ0v) is 7.63. The minimum absolute atomic E-state index is 0.460. The van der Waals surface area contributed by atoms with Crippen LogP contribution in [0.2, 0.25) is 0 Å². The molecule has 3 heteroatoms. The number of hydrogen-bond donors (Lipinski definition) is 2. The zero-order valence-electron chi connectivity index (χ0n) is 7.63. The third kappa shape index (κ3) is 3.42. The lowest BCUT2D eigenvalue weighted by Crippen LogP contribution is -2.03. The Bertz CT molecular complexity index is 174. The summed E-state index contributed by atoms with van der Waals surface area (Å²) in [6, 6.07) is 0. The Morgan fingerprint density at radius 3 is 1.75 bits per heavy atom. The number of aliphatic carboxylic acids is 1. The average molecular weight is 172 g/mol. The summed E-state index contributed by atoms with van der Waals surface area (Å²) in [5.74, 6) is -1.68. The first-order valence-corrected chi connectivity index (χ1v) is 4.27. The Labute approximate surface area is 72.7 Å². The van der Waals surface area contributed by atoms with Gasteiger partial charge >= 0.3 is 5.97 Å². The van der Waals surface area contributed by atoms with Crippen molar-refractivity contribution in [2.75, 3.05) is 0 Å². The molecule has 0 saturated heterocycles. The summed E-state index contributed by atoms with van der Waals surface area (Å²) in [5, 5.41) is 17.6. The predicted octanol–water partition coefficient (Wildman–Crippen LogP) is 2.48. The second kappa shape index (κ2) is 5.63. The van der Waals surface area contributed by atoms with E-state index in [0.717, 1.165) is 12.8 Å². The van der Waals surface area contributed by atoms with E-state index in [0.29, 0.717) is 18.4 Å². The van der Waals surface area contributed by atoms with Gasteiger partial charge in [0.2, 0.25) is 5.76 Å². The first-order chi connectivity index (χ1) is 5.63. The molecule has 70 valence electrons. The summed E-state index contributed by atoms with van der Waals surface area (Å²) in [4.78, 5) is 10.4. The molecule has 3 nitrogen and oxygen atoms in total. The van der Waals surface area contributed by atoms with Gasteiger partial charge in [-0.15, -0.1) is 0 Å². The van der Waals surface area contributed by atoms with Crippen molar-refractivity contribution in [1.29, 1.82) is 0 Å². The highest BCUT2D eigenvalue weighted by Gasteiger charge is 2.10. The number of aliphatic hydroxyl groups excluding tert-OH is 1. The normalized spacial score (nSPS) is 9.50. The number of carboxylic acids is 1. The predicted molar refractivity (Wildman–Crippen MR) is 47.1 cm³/mol. The van der Waals surface area contributed by atoms with Crippen LogP contribution in [0.1, 0.15) is 39.5 Å². The van der Waals surface area contributed by atoms with Gasteiger partial charge in [-0.3, -0.25) is 0 Å². The third-order valence-electron chi connectivity index (χ3n) is 1.64. The fraction of sp³-hybridized carbons (Fsp3) is 0.667. The van der Waals surface area contributed by atoms with Crippen LogP contribution in [-0.2, 0) is 4.79 Å². The van der Waals surface area contributed by atoms with Gasteiger partial charge in [0.1, 0.15) is 0 Å². The van der Waals surface area contributed by atoms with Gasteiger partial charge in [-0.05, 0) is 18.4 Å². The lowest BCUT2D eigenvalue weighted by molar-refractivity contribution is -0.135. The van der Waals surface area contributed by atoms with E-state index in [9.17, 15) is 4.79 Å².